The fraction of sp³-hybridized carbons (Fsp3) is 0.909. The Morgan fingerprint density at radius 1 is 1.47 bits per heavy atom. The second-order valence-electron chi connectivity index (χ2n) is 5.29. The third-order valence-corrected chi connectivity index (χ3v) is 3.73. The lowest BCUT2D eigenvalue weighted by Gasteiger charge is -2.32. The van der Waals surface area contributed by atoms with Gasteiger partial charge in [-0.1, -0.05) is 6.92 Å². The Labute approximate surface area is 91.2 Å². The fourth-order valence-electron chi connectivity index (χ4n) is 2.08. The third-order valence-electron chi connectivity index (χ3n) is 3.73. The van der Waals surface area contributed by atoms with Crippen LogP contribution in [0.3, 0.4) is 0 Å². The summed E-state index contributed by atoms with van der Waals surface area (Å²) >= 11 is 0. The predicted octanol–water partition coefficient (Wildman–Crippen LogP) is 0.919. The highest BCUT2D eigenvalue weighted by Crippen LogP contribution is 2.44. The molecule has 4 nitrogen and oxygen atoms in total. The molecular formula is C11H21N3O. The molecule has 1 saturated carbocycles. The van der Waals surface area contributed by atoms with E-state index in [4.69, 9.17) is 5.73 Å². The molecule has 86 valence electrons. The highest BCUT2D eigenvalue weighted by atomic mass is 16.2. The van der Waals surface area contributed by atoms with E-state index < -0.39 is 0 Å². The summed E-state index contributed by atoms with van der Waals surface area (Å²) in [6.07, 6.45) is 4.80. The molecule has 1 aliphatic carbocycles. The summed E-state index contributed by atoms with van der Waals surface area (Å²) in [6, 6.07) is 0.306. The minimum atomic E-state index is -0.275. The largest absolute Gasteiger partial charge is 0.351 e. The summed E-state index contributed by atoms with van der Waals surface area (Å²) in [6.45, 7) is 5.08. The number of hydrogen-bond donors (Lipinski definition) is 2. The molecule has 0 aromatic rings. The van der Waals surface area contributed by atoms with E-state index in [0.717, 1.165) is 32.5 Å². The maximum Gasteiger partial charge on any atom is 0.314 e. The summed E-state index contributed by atoms with van der Waals surface area (Å²) in [7, 11) is 0. The van der Waals surface area contributed by atoms with Gasteiger partial charge in [0.15, 0.2) is 0 Å². The number of piperidine rings is 1. The highest BCUT2D eigenvalue weighted by molar-refractivity contribution is 5.72. The number of amides is 2. The van der Waals surface area contributed by atoms with Crippen LogP contribution in [-0.2, 0) is 0 Å². The second-order valence-corrected chi connectivity index (χ2v) is 5.29. The van der Waals surface area contributed by atoms with E-state index in [9.17, 15) is 4.79 Å². The molecule has 2 aliphatic rings. The topological polar surface area (TPSA) is 58.4 Å². The van der Waals surface area contributed by atoms with Gasteiger partial charge in [0, 0.05) is 25.7 Å². The van der Waals surface area contributed by atoms with Gasteiger partial charge in [-0.05, 0) is 31.1 Å². The van der Waals surface area contributed by atoms with Gasteiger partial charge >= 0.3 is 6.03 Å². The maximum absolute atomic E-state index is 10.9. The van der Waals surface area contributed by atoms with Gasteiger partial charge in [0.05, 0.1) is 0 Å². The standard InChI is InChI=1S/C11H21N3O/c1-11(4-5-11)8-13-9-2-6-14(7-3-9)10(12)15/h9,13H,2-8H2,1H3,(H2,12,15). The molecule has 0 spiro atoms. The van der Waals surface area contributed by atoms with Gasteiger partial charge < -0.3 is 16.0 Å². The lowest BCUT2D eigenvalue weighted by molar-refractivity contribution is 0.184. The van der Waals surface area contributed by atoms with Crippen LogP contribution in [0, 0.1) is 5.41 Å². The Morgan fingerprint density at radius 2 is 2.07 bits per heavy atom. The molecule has 15 heavy (non-hydrogen) atoms. The van der Waals surface area contributed by atoms with Gasteiger partial charge in [0.1, 0.15) is 0 Å². The summed E-state index contributed by atoms with van der Waals surface area (Å²) < 4.78 is 0. The van der Waals surface area contributed by atoms with Crippen LogP contribution in [0.25, 0.3) is 0 Å². The Bertz CT molecular complexity index is 242. The van der Waals surface area contributed by atoms with Crippen LogP contribution in [0.4, 0.5) is 4.79 Å². The van der Waals surface area contributed by atoms with Crippen molar-refractivity contribution in [3.05, 3.63) is 0 Å². The number of urea groups is 1. The second kappa shape index (κ2) is 4.00. The molecule has 3 N–H and O–H groups in total. The van der Waals surface area contributed by atoms with Gasteiger partial charge in [0.2, 0.25) is 0 Å². The molecule has 0 atom stereocenters. The quantitative estimate of drug-likeness (QED) is 0.729. The number of nitrogens with zero attached hydrogens (tertiary/aromatic N) is 1. The van der Waals surface area contributed by atoms with Crippen LogP contribution in [0.1, 0.15) is 32.6 Å². The van der Waals surface area contributed by atoms with E-state index in [1.54, 1.807) is 4.90 Å². The molecule has 2 fully saturated rings. The first-order valence-corrected chi connectivity index (χ1v) is 5.87. The molecule has 0 bridgehead atoms. The Balaban J connectivity index is 1.67. The molecule has 1 aliphatic heterocycles. The first-order valence-electron chi connectivity index (χ1n) is 5.87. The van der Waals surface area contributed by atoms with Crippen LogP contribution in [0.2, 0.25) is 0 Å². The smallest absolute Gasteiger partial charge is 0.314 e. The zero-order chi connectivity index (χ0) is 10.9. The minimum Gasteiger partial charge on any atom is -0.351 e. The summed E-state index contributed by atoms with van der Waals surface area (Å²) in [5.74, 6) is 0. The fourth-order valence-corrected chi connectivity index (χ4v) is 2.08. The molecule has 0 aromatic carbocycles. The normalized spacial score (nSPS) is 25.3. The van der Waals surface area contributed by atoms with Crippen molar-refractivity contribution < 1.29 is 4.79 Å². The zero-order valence-corrected chi connectivity index (χ0v) is 9.46. The Hall–Kier alpha value is -0.770. The lowest BCUT2D eigenvalue weighted by atomic mass is 10.0. The molecule has 4 heteroatoms. The van der Waals surface area contributed by atoms with Crippen molar-refractivity contribution in [2.45, 2.75) is 38.6 Å². The number of carbonyl (C=O) groups excluding carboxylic acids is 1. The average molecular weight is 211 g/mol. The average Bonchev–Trinajstić information content (AvgIpc) is 2.95. The van der Waals surface area contributed by atoms with Crippen molar-refractivity contribution in [2.24, 2.45) is 11.1 Å². The van der Waals surface area contributed by atoms with Crippen molar-refractivity contribution in [3.63, 3.8) is 0 Å². The van der Waals surface area contributed by atoms with E-state index in [-0.39, 0.29) is 6.03 Å². The van der Waals surface area contributed by atoms with Crippen molar-refractivity contribution in [1.82, 2.24) is 10.2 Å². The maximum atomic E-state index is 10.9. The van der Waals surface area contributed by atoms with Crippen molar-refractivity contribution in [1.29, 1.82) is 0 Å². The van der Waals surface area contributed by atoms with E-state index >= 15 is 0 Å². The Morgan fingerprint density at radius 3 is 2.53 bits per heavy atom. The molecule has 1 saturated heterocycles. The molecule has 2 amide bonds. The zero-order valence-electron chi connectivity index (χ0n) is 9.46. The SMILES string of the molecule is CC1(CNC2CCN(C(N)=O)CC2)CC1. The molecule has 0 radical (unpaired) electrons. The highest BCUT2D eigenvalue weighted by Gasteiger charge is 2.37. The minimum absolute atomic E-state index is 0.275. The molecule has 1 heterocycles. The first-order chi connectivity index (χ1) is 7.09. The van der Waals surface area contributed by atoms with Gasteiger partial charge in [-0.2, -0.15) is 0 Å². The van der Waals surface area contributed by atoms with E-state index in [1.165, 1.54) is 12.8 Å². The van der Waals surface area contributed by atoms with E-state index in [1.807, 2.05) is 0 Å². The van der Waals surface area contributed by atoms with E-state index in [2.05, 4.69) is 12.2 Å². The number of likely N-dealkylation sites (tertiary alicyclic amines) is 1. The first kappa shape index (κ1) is 10.7. The van der Waals surface area contributed by atoms with Crippen molar-refractivity contribution in [2.75, 3.05) is 19.6 Å². The number of hydrogen-bond acceptors (Lipinski definition) is 2. The summed E-state index contributed by atoms with van der Waals surface area (Å²) in [4.78, 5) is 12.6. The number of rotatable bonds is 3. The van der Waals surface area contributed by atoms with Gasteiger partial charge in [0.25, 0.3) is 0 Å². The monoisotopic (exact) mass is 211 g/mol. The third kappa shape index (κ3) is 2.84. The van der Waals surface area contributed by atoms with Crippen LogP contribution in [0.5, 0.6) is 0 Å². The number of nitrogens with two attached hydrogens (primary N) is 1. The van der Waals surface area contributed by atoms with Crippen molar-refractivity contribution >= 4 is 6.03 Å². The molecule has 0 unspecified atom stereocenters. The number of carbonyl (C=O) groups is 1. The van der Waals surface area contributed by atoms with Gasteiger partial charge in [-0.3, -0.25) is 0 Å². The number of primary amides is 1. The predicted molar refractivity (Wildman–Crippen MR) is 59.5 cm³/mol. The van der Waals surface area contributed by atoms with E-state index in [0.29, 0.717) is 11.5 Å². The van der Waals surface area contributed by atoms with Gasteiger partial charge in [-0.25, -0.2) is 4.79 Å². The molecular weight excluding hydrogens is 190 g/mol. The van der Waals surface area contributed by atoms with Gasteiger partial charge in [-0.15, -0.1) is 0 Å². The van der Waals surface area contributed by atoms with Crippen LogP contribution in [-0.4, -0.2) is 36.6 Å². The number of nitrogens with one attached hydrogen (secondary N) is 1. The summed E-state index contributed by atoms with van der Waals surface area (Å²) in [5, 5.41) is 3.60. The van der Waals surface area contributed by atoms with Crippen LogP contribution < -0.4 is 11.1 Å². The lowest BCUT2D eigenvalue weighted by Crippen LogP contribution is -2.47. The Kier molecular flexibility index (Phi) is 2.87. The van der Waals surface area contributed by atoms with Crippen LogP contribution in [0.15, 0.2) is 0 Å². The molecule has 0 aromatic heterocycles. The summed E-state index contributed by atoms with van der Waals surface area (Å²) in [5.41, 5.74) is 5.80. The molecule has 2 rings (SSSR count). The van der Waals surface area contributed by atoms with Crippen LogP contribution >= 0.6 is 0 Å². The van der Waals surface area contributed by atoms with Crippen molar-refractivity contribution in [3.8, 4) is 0 Å².